The lowest BCUT2D eigenvalue weighted by molar-refractivity contribution is -0.121. The van der Waals surface area contributed by atoms with Crippen LogP contribution in [0, 0.1) is 0 Å². The Labute approximate surface area is 167 Å². The Morgan fingerprint density at radius 3 is 3.07 bits per heavy atom. The van der Waals surface area contributed by atoms with Gasteiger partial charge in [0.15, 0.2) is 0 Å². The second-order valence-corrected chi connectivity index (χ2v) is 7.67. The first-order chi connectivity index (χ1) is 13.8. The van der Waals surface area contributed by atoms with Crippen LogP contribution in [0.2, 0.25) is 0 Å². The number of thiophene rings is 1. The third-order valence-corrected chi connectivity index (χ3v) is 5.67. The van der Waals surface area contributed by atoms with Crippen LogP contribution in [-0.4, -0.2) is 44.9 Å². The average Bonchev–Trinajstić information content (AvgIpc) is 3.48. The lowest BCUT2D eigenvalue weighted by Crippen LogP contribution is -2.28. The van der Waals surface area contributed by atoms with Gasteiger partial charge in [-0.15, -0.1) is 11.3 Å². The summed E-state index contributed by atoms with van der Waals surface area (Å²) >= 11 is 1.66. The molecule has 7 nitrogen and oxygen atoms in total. The maximum absolute atomic E-state index is 12.1. The van der Waals surface area contributed by atoms with Crippen LogP contribution in [0.25, 0.3) is 21.8 Å². The van der Waals surface area contributed by atoms with Crippen LogP contribution in [-0.2, 0) is 16.1 Å². The molecule has 3 aromatic rings. The maximum Gasteiger partial charge on any atom is 0.220 e. The van der Waals surface area contributed by atoms with Crippen molar-refractivity contribution in [3.05, 3.63) is 42.3 Å². The van der Waals surface area contributed by atoms with Crippen molar-refractivity contribution in [1.82, 2.24) is 25.1 Å². The number of nitrogens with one attached hydrogen (secondary N) is 1. The van der Waals surface area contributed by atoms with E-state index in [9.17, 15) is 4.79 Å². The molecule has 0 bridgehead atoms. The van der Waals surface area contributed by atoms with Gasteiger partial charge in [0.05, 0.1) is 41.3 Å². The SMILES string of the molecule is O=C(CCC1CCCO1)NCCn1ncc(-c2cnccn2)c1-c1cccs1. The van der Waals surface area contributed by atoms with E-state index in [2.05, 4.69) is 26.4 Å². The second-order valence-electron chi connectivity index (χ2n) is 6.72. The minimum atomic E-state index is 0.0643. The predicted octanol–water partition coefficient (Wildman–Crippen LogP) is 3.14. The van der Waals surface area contributed by atoms with Gasteiger partial charge in [-0.05, 0) is 30.7 Å². The number of hydrogen-bond acceptors (Lipinski definition) is 6. The molecule has 8 heteroatoms. The van der Waals surface area contributed by atoms with E-state index in [1.165, 1.54) is 0 Å². The van der Waals surface area contributed by atoms with Crippen molar-refractivity contribution in [3.8, 4) is 21.8 Å². The Morgan fingerprint density at radius 1 is 1.36 bits per heavy atom. The third kappa shape index (κ3) is 4.45. The highest BCUT2D eigenvalue weighted by atomic mass is 32.1. The highest BCUT2D eigenvalue weighted by molar-refractivity contribution is 7.13. The summed E-state index contributed by atoms with van der Waals surface area (Å²) in [5.41, 5.74) is 2.74. The Bertz CT molecular complexity index is 889. The summed E-state index contributed by atoms with van der Waals surface area (Å²) in [7, 11) is 0. The summed E-state index contributed by atoms with van der Waals surface area (Å²) in [5, 5.41) is 9.58. The molecule has 4 heterocycles. The largest absolute Gasteiger partial charge is 0.378 e. The number of ether oxygens (including phenoxy) is 1. The van der Waals surface area contributed by atoms with Gasteiger partial charge in [-0.25, -0.2) is 0 Å². The number of aromatic nitrogens is 4. The van der Waals surface area contributed by atoms with E-state index in [4.69, 9.17) is 4.74 Å². The molecule has 28 heavy (non-hydrogen) atoms. The quantitative estimate of drug-likeness (QED) is 0.631. The molecule has 1 atom stereocenters. The van der Waals surface area contributed by atoms with Crippen LogP contribution in [0.5, 0.6) is 0 Å². The van der Waals surface area contributed by atoms with Gasteiger partial charge in [0.2, 0.25) is 5.91 Å². The summed E-state index contributed by atoms with van der Waals surface area (Å²) in [6.07, 6.45) is 10.6. The van der Waals surface area contributed by atoms with Gasteiger partial charge in [-0.2, -0.15) is 5.10 Å². The first-order valence-corrected chi connectivity index (χ1v) is 10.4. The van der Waals surface area contributed by atoms with Gasteiger partial charge >= 0.3 is 0 Å². The molecule has 1 N–H and O–H groups in total. The zero-order valence-electron chi connectivity index (χ0n) is 15.6. The van der Waals surface area contributed by atoms with Gasteiger partial charge in [-0.3, -0.25) is 19.4 Å². The van der Waals surface area contributed by atoms with Crippen LogP contribution in [0.15, 0.2) is 42.3 Å². The fourth-order valence-electron chi connectivity index (χ4n) is 3.41. The number of carbonyl (C=O) groups is 1. The molecular formula is C20H23N5O2S. The topological polar surface area (TPSA) is 81.9 Å². The third-order valence-electron chi connectivity index (χ3n) is 4.80. The van der Waals surface area contributed by atoms with Gasteiger partial charge in [0.25, 0.3) is 0 Å². The number of nitrogens with zero attached hydrogens (tertiary/aromatic N) is 4. The molecule has 1 unspecified atom stereocenters. The molecule has 1 saturated heterocycles. The van der Waals surface area contributed by atoms with Crippen LogP contribution < -0.4 is 5.32 Å². The molecule has 3 aromatic heterocycles. The van der Waals surface area contributed by atoms with Gasteiger partial charge in [0, 0.05) is 37.5 Å². The van der Waals surface area contributed by atoms with E-state index in [1.807, 2.05) is 22.3 Å². The standard InChI is InChI=1S/C20H23N5O2S/c26-19(6-5-15-3-1-11-27-15)23-9-10-25-20(18-4-2-12-28-18)16(13-24-25)17-14-21-7-8-22-17/h2,4,7-8,12-15H,1,3,5-6,9-11H2,(H,23,26). The van der Waals surface area contributed by atoms with E-state index >= 15 is 0 Å². The van der Waals surface area contributed by atoms with Crippen molar-refractivity contribution in [1.29, 1.82) is 0 Å². The summed E-state index contributed by atoms with van der Waals surface area (Å²) in [4.78, 5) is 21.8. The fraction of sp³-hybridized carbons (Fsp3) is 0.400. The molecule has 1 amide bonds. The van der Waals surface area contributed by atoms with Crippen molar-refractivity contribution in [2.24, 2.45) is 0 Å². The molecule has 1 aliphatic rings. The van der Waals surface area contributed by atoms with E-state index in [0.717, 1.165) is 47.7 Å². The summed E-state index contributed by atoms with van der Waals surface area (Å²) in [6.45, 7) is 1.95. The molecule has 0 spiro atoms. The molecule has 0 saturated carbocycles. The van der Waals surface area contributed by atoms with E-state index in [1.54, 1.807) is 29.9 Å². The Kier molecular flexibility index (Phi) is 6.08. The summed E-state index contributed by atoms with van der Waals surface area (Å²) in [6, 6.07) is 4.09. The highest BCUT2D eigenvalue weighted by Gasteiger charge is 2.18. The maximum atomic E-state index is 12.1. The average molecular weight is 398 g/mol. The highest BCUT2D eigenvalue weighted by Crippen LogP contribution is 2.33. The molecular weight excluding hydrogens is 374 g/mol. The molecule has 0 aliphatic carbocycles. The minimum absolute atomic E-state index is 0.0643. The molecule has 4 rings (SSSR count). The molecule has 0 radical (unpaired) electrons. The monoisotopic (exact) mass is 397 g/mol. The second kappa shape index (κ2) is 9.07. The molecule has 1 fully saturated rings. The van der Waals surface area contributed by atoms with Crippen LogP contribution in [0.1, 0.15) is 25.7 Å². The Hall–Kier alpha value is -2.58. The zero-order chi connectivity index (χ0) is 19.2. The first kappa shape index (κ1) is 18.8. The van der Waals surface area contributed by atoms with E-state index in [0.29, 0.717) is 19.5 Å². The van der Waals surface area contributed by atoms with Crippen LogP contribution in [0.3, 0.4) is 0 Å². The number of hydrogen-bond donors (Lipinski definition) is 1. The van der Waals surface area contributed by atoms with Crippen molar-refractivity contribution >= 4 is 17.2 Å². The Balaban J connectivity index is 1.40. The number of amides is 1. The lowest BCUT2D eigenvalue weighted by atomic mass is 10.1. The lowest BCUT2D eigenvalue weighted by Gasteiger charge is -2.11. The normalized spacial score (nSPS) is 16.4. The van der Waals surface area contributed by atoms with Crippen LogP contribution >= 0.6 is 11.3 Å². The van der Waals surface area contributed by atoms with Crippen molar-refractivity contribution in [2.45, 2.75) is 38.3 Å². The predicted molar refractivity (Wildman–Crippen MR) is 108 cm³/mol. The van der Waals surface area contributed by atoms with Gasteiger partial charge < -0.3 is 10.1 Å². The number of rotatable bonds is 8. The minimum Gasteiger partial charge on any atom is -0.378 e. The Morgan fingerprint density at radius 2 is 2.32 bits per heavy atom. The van der Waals surface area contributed by atoms with E-state index in [-0.39, 0.29) is 12.0 Å². The van der Waals surface area contributed by atoms with Crippen LogP contribution in [0.4, 0.5) is 0 Å². The number of carbonyl (C=O) groups excluding carboxylic acids is 1. The molecule has 146 valence electrons. The molecule has 1 aliphatic heterocycles. The van der Waals surface area contributed by atoms with Crippen molar-refractivity contribution in [2.75, 3.05) is 13.2 Å². The van der Waals surface area contributed by atoms with Crippen molar-refractivity contribution in [3.63, 3.8) is 0 Å². The van der Waals surface area contributed by atoms with Crippen molar-refractivity contribution < 1.29 is 9.53 Å². The van der Waals surface area contributed by atoms with Gasteiger partial charge in [0.1, 0.15) is 0 Å². The van der Waals surface area contributed by atoms with Gasteiger partial charge in [-0.1, -0.05) is 6.07 Å². The summed E-state index contributed by atoms with van der Waals surface area (Å²) in [5.74, 6) is 0.0643. The molecule has 0 aromatic carbocycles. The first-order valence-electron chi connectivity index (χ1n) is 9.55. The fourth-order valence-corrected chi connectivity index (χ4v) is 4.20. The zero-order valence-corrected chi connectivity index (χ0v) is 16.4. The summed E-state index contributed by atoms with van der Waals surface area (Å²) < 4.78 is 7.50. The smallest absolute Gasteiger partial charge is 0.220 e. The van der Waals surface area contributed by atoms with E-state index < -0.39 is 0 Å².